The number of amides is 2. The molecule has 0 bridgehead atoms. The van der Waals surface area contributed by atoms with Gasteiger partial charge in [-0.15, -0.1) is 11.3 Å². The Kier molecular flexibility index (Phi) is 6.29. The molecule has 1 fully saturated rings. The Hall–Kier alpha value is -3.23. The van der Waals surface area contributed by atoms with E-state index in [2.05, 4.69) is 34.9 Å². The summed E-state index contributed by atoms with van der Waals surface area (Å²) in [4.78, 5) is 22.7. The fourth-order valence-electron chi connectivity index (χ4n) is 3.53. The molecule has 160 valence electrons. The number of thiophene rings is 1. The van der Waals surface area contributed by atoms with Gasteiger partial charge in [-0.25, -0.2) is 14.8 Å². The second-order valence-corrected chi connectivity index (χ2v) is 8.30. The minimum absolute atomic E-state index is 0.0993. The van der Waals surface area contributed by atoms with E-state index in [0.717, 1.165) is 43.2 Å². The Balaban J connectivity index is 1.62. The number of carbonyl (C=O) groups excluding carboxylic acids is 1. The number of urea groups is 1. The normalized spacial score (nSPS) is 15.5. The number of hydrogen-bond acceptors (Lipinski definition) is 6. The van der Waals surface area contributed by atoms with Gasteiger partial charge in [0.15, 0.2) is 0 Å². The highest BCUT2D eigenvalue weighted by molar-refractivity contribution is 7.17. The van der Waals surface area contributed by atoms with E-state index in [1.807, 2.05) is 30.3 Å². The van der Waals surface area contributed by atoms with Gasteiger partial charge in [0.2, 0.25) is 0 Å². The molecule has 31 heavy (non-hydrogen) atoms. The zero-order chi connectivity index (χ0) is 21.8. The average Bonchev–Trinajstić information content (AvgIpc) is 3.12. The fourth-order valence-corrected chi connectivity index (χ4v) is 4.47. The number of morpholine rings is 1. The number of benzene rings is 1. The van der Waals surface area contributed by atoms with E-state index in [-0.39, 0.29) is 6.03 Å². The van der Waals surface area contributed by atoms with Crippen molar-refractivity contribution < 1.29 is 9.53 Å². The van der Waals surface area contributed by atoms with Crippen molar-refractivity contribution in [2.45, 2.75) is 13.3 Å². The highest BCUT2D eigenvalue weighted by Crippen LogP contribution is 2.22. The first-order valence-electron chi connectivity index (χ1n) is 10.2. The molecule has 2 aromatic heterocycles. The van der Waals surface area contributed by atoms with Crippen LogP contribution in [0.2, 0.25) is 0 Å². The Morgan fingerprint density at radius 3 is 2.94 bits per heavy atom. The third kappa shape index (κ3) is 4.60. The molecule has 0 aliphatic carbocycles. The maximum absolute atomic E-state index is 12.5. The highest BCUT2D eigenvalue weighted by Gasteiger charge is 2.16. The van der Waals surface area contributed by atoms with Gasteiger partial charge in [-0.2, -0.15) is 0 Å². The second-order valence-electron chi connectivity index (χ2n) is 7.20. The van der Waals surface area contributed by atoms with Crippen molar-refractivity contribution in [3.63, 3.8) is 0 Å². The zero-order valence-electron chi connectivity index (χ0n) is 17.4. The number of aromatic nitrogens is 2. The first-order chi connectivity index (χ1) is 15.1. The van der Waals surface area contributed by atoms with Crippen LogP contribution in [-0.4, -0.2) is 47.2 Å². The first-order valence-corrected chi connectivity index (χ1v) is 11.0. The monoisotopic (exact) mass is 435 g/mol. The van der Waals surface area contributed by atoms with Gasteiger partial charge >= 0.3 is 6.03 Å². The van der Waals surface area contributed by atoms with E-state index in [9.17, 15) is 4.79 Å². The lowest BCUT2D eigenvalue weighted by Crippen LogP contribution is -2.43. The van der Waals surface area contributed by atoms with E-state index < -0.39 is 0 Å². The Bertz CT molecular complexity index is 1240. The van der Waals surface area contributed by atoms with Crippen molar-refractivity contribution in [1.82, 2.24) is 14.9 Å². The Morgan fingerprint density at radius 1 is 1.35 bits per heavy atom. The molecule has 1 aromatic carbocycles. The summed E-state index contributed by atoms with van der Waals surface area (Å²) in [5, 5.41) is 3.95. The van der Waals surface area contributed by atoms with Crippen LogP contribution in [0.5, 0.6) is 0 Å². The summed E-state index contributed by atoms with van der Waals surface area (Å²) in [6.07, 6.45) is 6.43. The van der Waals surface area contributed by atoms with E-state index in [1.54, 1.807) is 4.90 Å². The lowest BCUT2D eigenvalue weighted by Gasteiger charge is -2.27. The summed E-state index contributed by atoms with van der Waals surface area (Å²) in [5.74, 6) is 0.475. The second kappa shape index (κ2) is 9.28. The van der Waals surface area contributed by atoms with E-state index in [1.165, 1.54) is 17.7 Å². The molecule has 1 saturated heterocycles. The van der Waals surface area contributed by atoms with Crippen molar-refractivity contribution in [1.29, 1.82) is 0 Å². The van der Waals surface area contributed by atoms with Crippen LogP contribution < -0.4 is 20.8 Å². The van der Waals surface area contributed by atoms with Gasteiger partial charge in [0.1, 0.15) is 12.1 Å². The predicted octanol–water partition coefficient (Wildman–Crippen LogP) is 2.82. The van der Waals surface area contributed by atoms with Gasteiger partial charge in [-0.1, -0.05) is 37.8 Å². The number of hydrogen-bond donors (Lipinski definition) is 2. The Labute approximate surface area is 184 Å². The van der Waals surface area contributed by atoms with Crippen LogP contribution in [0.25, 0.3) is 28.4 Å². The quantitative estimate of drug-likeness (QED) is 0.657. The van der Waals surface area contributed by atoms with E-state index in [4.69, 9.17) is 10.5 Å². The lowest BCUT2D eigenvalue weighted by atomic mass is 10.0. The number of nitrogen functional groups attached to an aromatic ring is 1. The summed E-state index contributed by atoms with van der Waals surface area (Å²) in [7, 11) is 0. The van der Waals surface area contributed by atoms with Gasteiger partial charge in [-0.3, -0.25) is 0 Å². The smallest absolute Gasteiger partial charge is 0.321 e. The molecule has 1 aliphatic rings. The molecule has 3 N–H and O–H groups in total. The molecule has 0 unspecified atom stereocenters. The molecule has 8 heteroatoms. The van der Waals surface area contributed by atoms with Crippen LogP contribution in [0.3, 0.4) is 0 Å². The molecule has 0 saturated carbocycles. The van der Waals surface area contributed by atoms with Crippen LogP contribution in [0.1, 0.15) is 18.9 Å². The van der Waals surface area contributed by atoms with Crippen LogP contribution >= 0.6 is 11.3 Å². The molecule has 3 heterocycles. The molecule has 0 spiro atoms. The number of rotatable bonds is 4. The summed E-state index contributed by atoms with van der Waals surface area (Å²) in [6.45, 7) is 8.62. The number of nitrogens with two attached hydrogens (primary N) is 1. The van der Waals surface area contributed by atoms with Crippen LogP contribution in [0.4, 0.5) is 16.3 Å². The number of fused-ring (bicyclic) bond motifs is 1. The number of ether oxygens (including phenoxy) is 1. The maximum atomic E-state index is 12.5. The molecule has 2 amide bonds. The minimum Gasteiger partial charge on any atom is -0.382 e. The fraction of sp³-hybridized carbons (Fsp3) is 0.261. The van der Waals surface area contributed by atoms with Gasteiger partial charge in [0, 0.05) is 28.5 Å². The van der Waals surface area contributed by atoms with E-state index in [0.29, 0.717) is 32.1 Å². The predicted molar refractivity (Wildman–Crippen MR) is 127 cm³/mol. The standard InChI is InChI=1S/C23H25N5O2S/c1-3-16(7-8-19-15(2)31-21-20(19)25-14-26-22(21)24)17-5-4-6-18(13-17)27-23(29)28-9-11-30-12-10-28/h4-8,13-14H,2-3,9-12H2,1H3,(H,27,29)(H2,24,25,26). The van der Waals surface area contributed by atoms with Gasteiger partial charge in [-0.05, 0) is 29.7 Å². The number of nitrogens with zero attached hydrogens (tertiary/aromatic N) is 3. The summed E-state index contributed by atoms with van der Waals surface area (Å²) < 4.78 is 7.08. The number of carbonyl (C=O) groups is 1. The SMILES string of the molecule is C=c1sc2c(N)ncnc2c1=CC=C(CC)c1cccc(NC(=O)N2CCOCC2)c1. The minimum atomic E-state index is -0.0993. The molecule has 3 aromatic rings. The largest absolute Gasteiger partial charge is 0.382 e. The summed E-state index contributed by atoms with van der Waals surface area (Å²) >= 11 is 1.50. The molecular formula is C23H25N5O2S. The Morgan fingerprint density at radius 2 is 2.16 bits per heavy atom. The van der Waals surface area contributed by atoms with Crippen molar-refractivity contribution in [2.75, 3.05) is 37.4 Å². The number of allylic oxidation sites excluding steroid dienone is 2. The highest BCUT2D eigenvalue weighted by atomic mass is 32.1. The molecule has 1 aliphatic heterocycles. The summed E-state index contributed by atoms with van der Waals surface area (Å²) in [6, 6.07) is 7.80. The molecule has 4 rings (SSSR count). The summed E-state index contributed by atoms with van der Waals surface area (Å²) in [5.41, 5.74) is 9.77. The van der Waals surface area contributed by atoms with E-state index >= 15 is 0 Å². The van der Waals surface area contributed by atoms with Crippen molar-refractivity contribution in [3.8, 4) is 0 Å². The molecule has 0 radical (unpaired) electrons. The van der Waals surface area contributed by atoms with Crippen molar-refractivity contribution >= 4 is 57.3 Å². The molecule has 7 nitrogen and oxygen atoms in total. The van der Waals surface area contributed by atoms with Gasteiger partial charge in [0.25, 0.3) is 0 Å². The average molecular weight is 436 g/mol. The number of anilines is 2. The lowest BCUT2D eigenvalue weighted by molar-refractivity contribution is 0.0564. The van der Waals surface area contributed by atoms with Crippen LogP contribution in [0, 0.1) is 0 Å². The van der Waals surface area contributed by atoms with Crippen LogP contribution in [-0.2, 0) is 4.74 Å². The number of nitrogens with one attached hydrogen (secondary N) is 1. The van der Waals surface area contributed by atoms with Crippen LogP contribution in [0.15, 0.2) is 36.7 Å². The molecule has 0 atom stereocenters. The van der Waals surface area contributed by atoms with Crippen molar-refractivity contribution in [3.05, 3.63) is 52.0 Å². The topological polar surface area (TPSA) is 93.4 Å². The molecular weight excluding hydrogens is 410 g/mol. The van der Waals surface area contributed by atoms with Gasteiger partial charge < -0.3 is 20.7 Å². The van der Waals surface area contributed by atoms with Crippen molar-refractivity contribution in [2.24, 2.45) is 0 Å². The van der Waals surface area contributed by atoms with Gasteiger partial charge in [0.05, 0.1) is 23.4 Å². The zero-order valence-corrected chi connectivity index (χ0v) is 18.2. The third-order valence-electron chi connectivity index (χ3n) is 5.23. The maximum Gasteiger partial charge on any atom is 0.321 e. The first kappa shape index (κ1) is 21.0. The third-order valence-corrected chi connectivity index (χ3v) is 6.30.